The van der Waals surface area contributed by atoms with Gasteiger partial charge in [0.25, 0.3) is 0 Å². The van der Waals surface area contributed by atoms with Gasteiger partial charge in [0.1, 0.15) is 0 Å². The van der Waals surface area contributed by atoms with Crippen LogP contribution in [0.3, 0.4) is 0 Å². The number of ether oxygens (including phenoxy) is 4. The zero-order valence-electron chi connectivity index (χ0n) is 49.6. The largest absolute Gasteiger partial charge is 0.481 e. The maximum absolute atomic E-state index is 14.3. The van der Waals surface area contributed by atoms with Crippen molar-refractivity contribution in [2.45, 2.75) is 231 Å². The summed E-state index contributed by atoms with van der Waals surface area (Å²) in [6.07, 6.45) is 28.7. The van der Waals surface area contributed by atoms with Gasteiger partial charge in [-0.15, -0.1) is 0 Å². The Labute approximate surface area is 495 Å². The van der Waals surface area contributed by atoms with Gasteiger partial charge in [-0.3, -0.25) is 19.2 Å². The monoisotopic (exact) mass is 1160 g/mol. The molecule has 0 atom stereocenters. The molecule has 0 unspecified atom stereocenters. The van der Waals surface area contributed by atoms with Gasteiger partial charge in [-0.25, -0.2) is 19.2 Å². The first-order valence-electron chi connectivity index (χ1n) is 31.6. The Balaban J connectivity index is 1.40. The number of rotatable bonds is 48. The van der Waals surface area contributed by atoms with Gasteiger partial charge in [-0.05, 0) is 108 Å². The van der Waals surface area contributed by atoms with Gasteiger partial charge in [0.05, 0.1) is 48.7 Å². The lowest BCUT2D eigenvalue weighted by atomic mass is 9.84. The topological polar surface area (TPSA) is 254 Å². The van der Waals surface area contributed by atoms with E-state index in [9.17, 15) is 38.4 Å². The average Bonchev–Trinajstić information content (AvgIpc) is 0.769. The SMILES string of the molecule is O=C(O)CCCCCCCCCCOC(=O)c1ccc2c3ccc(C(=O)OCCCCCCCCCCC(=O)O)c4c(C(=O)OCCCCCCCCCCC(=O)O)ccc(c5ccc(C(=O)OCCCCCCCCCCC(=O)O)c1c25)c43. The highest BCUT2D eigenvalue weighted by Crippen LogP contribution is 2.44. The summed E-state index contributed by atoms with van der Waals surface area (Å²) in [4.78, 5) is 100. The van der Waals surface area contributed by atoms with Crippen molar-refractivity contribution in [2.24, 2.45) is 0 Å². The third kappa shape index (κ3) is 23.3. The van der Waals surface area contributed by atoms with E-state index < -0.39 is 47.8 Å². The van der Waals surface area contributed by atoms with Gasteiger partial charge in [0.15, 0.2) is 0 Å². The Morgan fingerprint density at radius 1 is 0.226 bits per heavy atom. The molecule has 0 amide bonds. The van der Waals surface area contributed by atoms with Gasteiger partial charge >= 0.3 is 47.8 Å². The average molecular weight is 1170 g/mol. The minimum Gasteiger partial charge on any atom is -0.481 e. The summed E-state index contributed by atoms with van der Waals surface area (Å²) >= 11 is 0. The Morgan fingerprint density at radius 2 is 0.393 bits per heavy atom. The zero-order valence-corrected chi connectivity index (χ0v) is 49.6. The van der Waals surface area contributed by atoms with E-state index >= 15 is 0 Å². The van der Waals surface area contributed by atoms with Gasteiger partial charge in [0.2, 0.25) is 0 Å². The van der Waals surface area contributed by atoms with Crippen LogP contribution < -0.4 is 0 Å². The number of carboxylic acid groups (broad SMARTS) is 4. The van der Waals surface area contributed by atoms with Crippen LogP contribution in [0, 0.1) is 0 Å². The Hall–Kier alpha value is -6.84. The van der Waals surface area contributed by atoms with E-state index in [0.717, 1.165) is 154 Å². The second kappa shape index (κ2) is 38.9. The highest BCUT2D eigenvalue weighted by molar-refractivity contribution is 6.38. The van der Waals surface area contributed by atoms with Crippen LogP contribution in [0.1, 0.15) is 273 Å². The fraction of sp³-hybridized carbons (Fsp3) is 0.588. The predicted molar refractivity (Wildman–Crippen MR) is 326 cm³/mol. The van der Waals surface area contributed by atoms with Crippen LogP contribution in [0.25, 0.3) is 43.1 Å². The van der Waals surface area contributed by atoms with Crippen LogP contribution in [-0.4, -0.2) is 94.6 Å². The first-order chi connectivity index (χ1) is 40.8. The summed E-state index contributed by atoms with van der Waals surface area (Å²) in [7, 11) is 0. The quantitative estimate of drug-likeness (QED) is 0.00928. The van der Waals surface area contributed by atoms with Crippen LogP contribution in [-0.2, 0) is 38.1 Å². The molecule has 5 aromatic rings. The van der Waals surface area contributed by atoms with Crippen LogP contribution in [0.2, 0.25) is 0 Å². The summed E-state index contributed by atoms with van der Waals surface area (Å²) in [5, 5.41) is 40.4. The summed E-state index contributed by atoms with van der Waals surface area (Å²) in [6.45, 7) is 0.712. The molecule has 0 fully saturated rings. The van der Waals surface area contributed by atoms with E-state index in [1.165, 1.54) is 0 Å². The minimum atomic E-state index is -0.774. The molecule has 84 heavy (non-hydrogen) atoms. The van der Waals surface area contributed by atoms with Crippen molar-refractivity contribution >= 4 is 90.8 Å². The van der Waals surface area contributed by atoms with Crippen molar-refractivity contribution in [1.29, 1.82) is 0 Å². The van der Waals surface area contributed by atoms with E-state index in [1.54, 1.807) is 24.3 Å². The first kappa shape index (κ1) is 67.9. The molecule has 16 heteroatoms. The second-order valence-corrected chi connectivity index (χ2v) is 22.6. The van der Waals surface area contributed by atoms with Crippen LogP contribution >= 0.6 is 0 Å². The summed E-state index contributed by atoms with van der Waals surface area (Å²) < 4.78 is 23.7. The molecule has 0 spiro atoms. The van der Waals surface area contributed by atoms with E-state index in [-0.39, 0.29) is 74.4 Å². The standard InChI is InChI=1S/C68H92O16/c69-57(70)33-25-17-9-1-5-13-21-29-45-81-65(77)53-41-37-49-51-39-43-55(67(79)83-47-31-23-15-7-3-11-19-27-35-59(73)74)64-56(68(80)84-48-32-24-16-8-4-12-20-28-36-60(75)76)44-40-52(62(51)64)50-38-42-54(63(53)61(49)50)66(78)82-46-30-22-14-6-2-10-18-26-34-58(71)72/h37-44H,1-36,45-48H2,(H,69,70)(H,71,72)(H,73,74)(H,75,76). The highest BCUT2D eigenvalue weighted by Gasteiger charge is 2.28. The van der Waals surface area contributed by atoms with Gasteiger partial charge in [-0.2, -0.15) is 0 Å². The van der Waals surface area contributed by atoms with E-state index in [0.29, 0.717) is 94.5 Å². The molecule has 0 heterocycles. The molecule has 5 rings (SSSR count). The first-order valence-corrected chi connectivity index (χ1v) is 31.6. The maximum Gasteiger partial charge on any atom is 0.338 e. The normalized spacial score (nSPS) is 11.4. The number of carbonyl (C=O) groups is 8. The van der Waals surface area contributed by atoms with Crippen LogP contribution in [0.15, 0.2) is 48.5 Å². The number of fused-ring (bicyclic) bond motifs is 2. The van der Waals surface area contributed by atoms with E-state index in [1.807, 2.05) is 24.3 Å². The molecule has 0 radical (unpaired) electrons. The molecule has 0 saturated heterocycles. The van der Waals surface area contributed by atoms with Crippen molar-refractivity contribution in [3.63, 3.8) is 0 Å². The molecule has 0 aliphatic carbocycles. The Morgan fingerprint density at radius 3 is 0.571 bits per heavy atom. The zero-order chi connectivity index (χ0) is 60.3. The van der Waals surface area contributed by atoms with Crippen molar-refractivity contribution < 1.29 is 77.7 Å². The van der Waals surface area contributed by atoms with Crippen LogP contribution in [0.4, 0.5) is 0 Å². The molecule has 0 aliphatic rings. The fourth-order valence-corrected chi connectivity index (χ4v) is 11.3. The molecule has 4 N–H and O–H groups in total. The number of esters is 4. The Kier molecular flexibility index (Phi) is 31.5. The molecular formula is C68H92O16. The molecule has 5 aromatic carbocycles. The molecule has 0 aliphatic heterocycles. The molecule has 0 bridgehead atoms. The minimum absolute atomic E-state index is 0.178. The lowest BCUT2D eigenvalue weighted by Gasteiger charge is -2.20. The maximum atomic E-state index is 14.3. The Bertz CT molecular complexity index is 2510. The van der Waals surface area contributed by atoms with Gasteiger partial charge in [-0.1, -0.05) is 178 Å². The molecule has 460 valence electrons. The number of carboxylic acids is 4. The van der Waals surface area contributed by atoms with Crippen molar-refractivity contribution in [1.82, 2.24) is 0 Å². The summed E-state index contributed by atoms with van der Waals surface area (Å²) in [6, 6.07) is 14.0. The van der Waals surface area contributed by atoms with Crippen molar-refractivity contribution in [2.75, 3.05) is 26.4 Å². The number of hydrogen-bond acceptors (Lipinski definition) is 12. The third-order valence-corrected chi connectivity index (χ3v) is 15.9. The molecule has 0 saturated carbocycles. The number of aliphatic carboxylic acids is 4. The second-order valence-electron chi connectivity index (χ2n) is 22.6. The van der Waals surface area contributed by atoms with Crippen molar-refractivity contribution in [3.8, 4) is 0 Å². The predicted octanol–water partition coefficient (Wildman–Crippen LogP) is 16.7. The number of unbranched alkanes of at least 4 members (excludes halogenated alkanes) is 28. The van der Waals surface area contributed by atoms with Gasteiger partial charge in [0, 0.05) is 36.5 Å². The summed E-state index contributed by atoms with van der Waals surface area (Å²) in [5.74, 6) is -5.42. The lowest BCUT2D eigenvalue weighted by Crippen LogP contribution is -2.13. The fourth-order valence-electron chi connectivity index (χ4n) is 11.3. The van der Waals surface area contributed by atoms with Gasteiger partial charge < -0.3 is 39.4 Å². The lowest BCUT2D eigenvalue weighted by molar-refractivity contribution is -0.138. The number of carbonyl (C=O) groups excluding carboxylic acids is 4. The molecular weight excluding hydrogens is 1070 g/mol. The van der Waals surface area contributed by atoms with E-state index in [2.05, 4.69) is 0 Å². The number of hydrogen-bond donors (Lipinski definition) is 4. The smallest absolute Gasteiger partial charge is 0.338 e. The third-order valence-electron chi connectivity index (χ3n) is 15.9. The summed E-state index contributed by atoms with van der Waals surface area (Å²) in [5.41, 5.74) is 0.829. The van der Waals surface area contributed by atoms with Crippen LogP contribution in [0.5, 0.6) is 0 Å². The highest BCUT2D eigenvalue weighted by atomic mass is 16.5. The van der Waals surface area contributed by atoms with E-state index in [4.69, 9.17) is 39.4 Å². The van der Waals surface area contributed by atoms with Crippen molar-refractivity contribution in [3.05, 3.63) is 70.8 Å². The molecule has 0 aromatic heterocycles. The molecule has 16 nitrogen and oxygen atoms in total. The number of benzene rings is 5.